The second kappa shape index (κ2) is 8.09. The number of hydrogen-bond donors (Lipinski definition) is 1. The minimum absolute atomic E-state index is 0.173. The zero-order valence-electron chi connectivity index (χ0n) is 14.7. The van der Waals surface area contributed by atoms with Crippen LogP contribution in [0.3, 0.4) is 0 Å². The molecule has 1 aromatic rings. The maximum absolute atomic E-state index is 12.3. The van der Waals surface area contributed by atoms with Crippen molar-refractivity contribution < 1.29 is 13.2 Å². The SMILES string of the molecule is CCN1CCN(C(=O)CNS(=O)(=O)c2ccc(C(C)C)cc2)CC1. The molecule has 7 heteroatoms. The zero-order valence-corrected chi connectivity index (χ0v) is 15.5. The van der Waals surface area contributed by atoms with Gasteiger partial charge in [0.1, 0.15) is 0 Å². The van der Waals surface area contributed by atoms with E-state index in [0.717, 1.165) is 25.2 Å². The van der Waals surface area contributed by atoms with E-state index >= 15 is 0 Å². The molecule has 1 aliphatic rings. The van der Waals surface area contributed by atoms with E-state index in [4.69, 9.17) is 0 Å². The van der Waals surface area contributed by atoms with Crippen LogP contribution in [0.1, 0.15) is 32.3 Å². The molecule has 1 aromatic carbocycles. The lowest BCUT2D eigenvalue weighted by Crippen LogP contribution is -2.51. The normalized spacial score (nSPS) is 16.6. The smallest absolute Gasteiger partial charge is 0.241 e. The van der Waals surface area contributed by atoms with Gasteiger partial charge in [-0.2, -0.15) is 0 Å². The maximum Gasteiger partial charge on any atom is 0.241 e. The predicted octanol–water partition coefficient (Wildman–Crippen LogP) is 1.25. The van der Waals surface area contributed by atoms with Crippen LogP contribution in [0.25, 0.3) is 0 Å². The summed E-state index contributed by atoms with van der Waals surface area (Å²) in [5.74, 6) is 0.172. The summed E-state index contributed by atoms with van der Waals surface area (Å²) < 4.78 is 27.0. The summed E-state index contributed by atoms with van der Waals surface area (Å²) in [6.45, 7) is 9.96. The highest BCUT2D eigenvalue weighted by molar-refractivity contribution is 7.89. The highest BCUT2D eigenvalue weighted by Gasteiger charge is 2.22. The van der Waals surface area contributed by atoms with E-state index in [2.05, 4.69) is 30.4 Å². The molecule has 0 aliphatic carbocycles. The molecule has 0 atom stereocenters. The van der Waals surface area contributed by atoms with Crippen molar-refractivity contribution in [3.05, 3.63) is 29.8 Å². The molecule has 2 rings (SSSR count). The molecule has 1 amide bonds. The van der Waals surface area contributed by atoms with Crippen LogP contribution in [0.5, 0.6) is 0 Å². The van der Waals surface area contributed by atoms with E-state index < -0.39 is 10.0 Å². The Morgan fingerprint density at radius 3 is 2.21 bits per heavy atom. The third kappa shape index (κ3) is 4.78. The van der Waals surface area contributed by atoms with Gasteiger partial charge in [-0.3, -0.25) is 4.79 Å². The standard InChI is InChI=1S/C17H27N3O3S/c1-4-19-9-11-20(12-10-19)17(21)13-18-24(22,23)16-7-5-15(6-8-16)14(2)3/h5-8,14,18H,4,9-13H2,1-3H3. The fourth-order valence-corrected chi connectivity index (χ4v) is 3.67. The molecule has 1 fully saturated rings. The van der Waals surface area contributed by atoms with Gasteiger partial charge in [0.2, 0.25) is 15.9 Å². The van der Waals surface area contributed by atoms with Gasteiger partial charge in [-0.05, 0) is 30.2 Å². The summed E-state index contributed by atoms with van der Waals surface area (Å²) in [5, 5.41) is 0. The lowest BCUT2D eigenvalue weighted by atomic mass is 10.0. The molecule has 0 spiro atoms. The molecule has 0 bridgehead atoms. The number of sulfonamides is 1. The monoisotopic (exact) mass is 353 g/mol. The topological polar surface area (TPSA) is 69.7 Å². The Kier molecular flexibility index (Phi) is 6.37. The minimum Gasteiger partial charge on any atom is -0.339 e. The summed E-state index contributed by atoms with van der Waals surface area (Å²) in [5.41, 5.74) is 1.08. The Hall–Kier alpha value is -1.44. The van der Waals surface area contributed by atoms with Gasteiger partial charge < -0.3 is 9.80 Å². The van der Waals surface area contributed by atoms with Crippen LogP contribution >= 0.6 is 0 Å². The molecule has 0 aromatic heterocycles. The van der Waals surface area contributed by atoms with E-state index in [-0.39, 0.29) is 17.3 Å². The predicted molar refractivity (Wildman–Crippen MR) is 94.4 cm³/mol. The number of amides is 1. The van der Waals surface area contributed by atoms with E-state index in [1.807, 2.05) is 12.1 Å². The number of piperazine rings is 1. The van der Waals surface area contributed by atoms with Gasteiger partial charge in [0.25, 0.3) is 0 Å². The number of rotatable bonds is 6. The highest BCUT2D eigenvalue weighted by Crippen LogP contribution is 2.17. The molecule has 0 unspecified atom stereocenters. The van der Waals surface area contributed by atoms with E-state index in [1.165, 1.54) is 0 Å². The van der Waals surface area contributed by atoms with Crippen molar-refractivity contribution in [3.8, 4) is 0 Å². The van der Waals surface area contributed by atoms with Gasteiger partial charge in [-0.15, -0.1) is 0 Å². The first kappa shape index (κ1) is 18.9. The van der Waals surface area contributed by atoms with Crippen molar-refractivity contribution in [3.63, 3.8) is 0 Å². The molecular formula is C17H27N3O3S. The summed E-state index contributed by atoms with van der Waals surface area (Å²) >= 11 is 0. The average molecular weight is 353 g/mol. The van der Waals surface area contributed by atoms with Gasteiger partial charge in [-0.25, -0.2) is 13.1 Å². The van der Waals surface area contributed by atoms with E-state index in [0.29, 0.717) is 19.0 Å². The van der Waals surface area contributed by atoms with Crippen LogP contribution in [0.4, 0.5) is 0 Å². The van der Waals surface area contributed by atoms with E-state index in [1.54, 1.807) is 17.0 Å². The number of carbonyl (C=O) groups excluding carboxylic acids is 1. The number of nitrogens with one attached hydrogen (secondary N) is 1. The number of benzene rings is 1. The Labute approximate surface area is 144 Å². The molecule has 0 radical (unpaired) electrons. The molecule has 1 N–H and O–H groups in total. The van der Waals surface area contributed by atoms with Crippen molar-refractivity contribution >= 4 is 15.9 Å². The fraction of sp³-hybridized carbons (Fsp3) is 0.588. The Bertz CT molecular complexity index is 648. The Morgan fingerprint density at radius 2 is 1.71 bits per heavy atom. The second-order valence-electron chi connectivity index (χ2n) is 6.36. The third-order valence-corrected chi connectivity index (χ3v) is 5.86. The number of nitrogens with zero attached hydrogens (tertiary/aromatic N) is 2. The van der Waals surface area contributed by atoms with Crippen LogP contribution in [-0.2, 0) is 14.8 Å². The van der Waals surface area contributed by atoms with Gasteiger partial charge in [0.05, 0.1) is 11.4 Å². The summed E-state index contributed by atoms with van der Waals surface area (Å²) in [6, 6.07) is 6.79. The number of carbonyl (C=O) groups is 1. The molecule has 24 heavy (non-hydrogen) atoms. The minimum atomic E-state index is -3.66. The zero-order chi connectivity index (χ0) is 17.7. The van der Waals surface area contributed by atoms with Crippen molar-refractivity contribution in [2.75, 3.05) is 39.3 Å². The third-order valence-electron chi connectivity index (χ3n) is 4.44. The van der Waals surface area contributed by atoms with Gasteiger partial charge in [0.15, 0.2) is 0 Å². The molecule has 1 saturated heterocycles. The number of hydrogen-bond acceptors (Lipinski definition) is 4. The summed E-state index contributed by atoms with van der Waals surface area (Å²) in [4.78, 5) is 16.4. The van der Waals surface area contributed by atoms with Gasteiger partial charge in [0, 0.05) is 26.2 Å². The largest absolute Gasteiger partial charge is 0.339 e. The fourth-order valence-electron chi connectivity index (χ4n) is 2.70. The van der Waals surface area contributed by atoms with Gasteiger partial charge in [-0.1, -0.05) is 32.9 Å². The first-order valence-corrected chi connectivity index (χ1v) is 9.91. The van der Waals surface area contributed by atoms with E-state index in [9.17, 15) is 13.2 Å². The molecular weight excluding hydrogens is 326 g/mol. The molecule has 1 heterocycles. The van der Waals surface area contributed by atoms with Crippen LogP contribution in [-0.4, -0.2) is 63.4 Å². The van der Waals surface area contributed by atoms with Crippen LogP contribution < -0.4 is 4.72 Å². The molecule has 6 nitrogen and oxygen atoms in total. The Morgan fingerprint density at radius 1 is 1.12 bits per heavy atom. The lowest BCUT2D eigenvalue weighted by molar-refractivity contribution is -0.131. The molecule has 1 aliphatic heterocycles. The first-order chi connectivity index (χ1) is 11.3. The molecule has 0 saturated carbocycles. The molecule has 134 valence electrons. The van der Waals surface area contributed by atoms with Crippen molar-refractivity contribution in [2.45, 2.75) is 31.6 Å². The van der Waals surface area contributed by atoms with Crippen molar-refractivity contribution in [1.29, 1.82) is 0 Å². The maximum atomic E-state index is 12.3. The van der Waals surface area contributed by atoms with Crippen LogP contribution in [0, 0.1) is 0 Å². The van der Waals surface area contributed by atoms with Crippen LogP contribution in [0.2, 0.25) is 0 Å². The van der Waals surface area contributed by atoms with Crippen molar-refractivity contribution in [2.24, 2.45) is 0 Å². The van der Waals surface area contributed by atoms with Gasteiger partial charge >= 0.3 is 0 Å². The summed E-state index contributed by atoms with van der Waals surface area (Å²) in [7, 11) is -3.66. The summed E-state index contributed by atoms with van der Waals surface area (Å²) in [6.07, 6.45) is 0. The highest BCUT2D eigenvalue weighted by atomic mass is 32.2. The second-order valence-corrected chi connectivity index (χ2v) is 8.13. The number of likely N-dealkylation sites (N-methyl/N-ethyl adjacent to an activating group) is 1. The van der Waals surface area contributed by atoms with Crippen molar-refractivity contribution in [1.82, 2.24) is 14.5 Å². The lowest BCUT2D eigenvalue weighted by Gasteiger charge is -2.34. The average Bonchev–Trinajstić information content (AvgIpc) is 2.60. The first-order valence-electron chi connectivity index (χ1n) is 8.43. The quantitative estimate of drug-likeness (QED) is 0.836. The van der Waals surface area contributed by atoms with Crippen LogP contribution in [0.15, 0.2) is 29.2 Å². The Balaban J connectivity index is 1.91.